The molecule has 3 nitrogen and oxygen atoms in total. The van der Waals surface area contributed by atoms with E-state index < -0.39 is 0 Å². The van der Waals surface area contributed by atoms with Crippen LogP contribution >= 0.6 is 0 Å². The molecule has 1 aromatic rings. The van der Waals surface area contributed by atoms with Crippen molar-refractivity contribution in [3.05, 3.63) is 20.5 Å². The second kappa shape index (κ2) is 5.68. The summed E-state index contributed by atoms with van der Waals surface area (Å²) >= 11 is 0.351. The fourth-order valence-electron chi connectivity index (χ4n) is 2.36. The number of hydrogen-bond acceptors (Lipinski definition) is 3. The number of rotatable bonds is 3. The molecule has 2 atom stereocenters. The summed E-state index contributed by atoms with van der Waals surface area (Å²) in [7, 11) is 0. The van der Waals surface area contributed by atoms with Gasteiger partial charge in [-0.3, -0.25) is 0 Å². The second-order valence-corrected chi connectivity index (χ2v) is 7.44. The van der Waals surface area contributed by atoms with E-state index in [0.29, 0.717) is 14.5 Å². The van der Waals surface area contributed by atoms with Crippen molar-refractivity contribution in [2.24, 2.45) is 0 Å². The molecule has 0 spiro atoms. The summed E-state index contributed by atoms with van der Waals surface area (Å²) < 4.78 is 8.02. The third kappa shape index (κ3) is 3.01. The van der Waals surface area contributed by atoms with Crippen LogP contribution in [0.4, 0.5) is 0 Å². The normalized spacial score (nSPS) is 21.4. The first-order chi connectivity index (χ1) is 8.09. The third-order valence-electron chi connectivity index (χ3n) is 3.43. The Morgan fingerprint density at radius 2 is 2.00 bits per heavy atom. The zero-order valence-corrected chi connectivity index (χ0v) is 12.5. The van der Waals surface area contributed by atoms with Crippen molar-refractivity contribution in [2.45, 2.75) is 32.9 Å². The van der Waals surface area contributed by atoms with Gasteiger partial charge in [-0.2, -0.15) is 0 Å². The van der Waals surface area contributed by atoms with Crippen molar-refractivity contribution in [3.63, 3.8) is 0 Å². The van der Waals surface area contributed by atoms with Crippen LogP contribution < -0.4 is 0 Å². The van der Waals surface area contributed by atoms with Crippen molar-refractivity contribution in [2.75, 3.05) is 26.3 Å². The van der Waals surface area contributed by atoms with Crippen LogP contribution in [0.5, 0.6) is 0 Å². The first-order valence-corrected chi connectivity index (χ1v) is 7.87. The number of aryl methyl sites for hydroxylation is 2. The third-order valence-corrected chi connectivity index (χ3v) is 5.99. The molecule has 0 radical (unpaired) electrons. The Bertz CT molecular complexity index is 371. The van der Waals surface area contributed by atoms with Crippen LogP contribution in [-0.4, -0.2) is 56.9 Å². The van der Waals surface area contributed by atoms with Gasteiger partial charge in [-0.15, -0.1) is 0 Å². The summed E-state index contributed by atoms with van der Waals surface area (Å²) in [5.74, 6) is 0. The molecule has 1 N–H and O–H groups in total. The number of hydrogen-bond donors (Lipinski definition) is 1. The zero-order chi connectivity index (χ0) is 12.4. The topological polar surface area (TPSA) is 32.7 Å². The zero-order valence-electron chi connectivity index (χ0n) is 10.8. The summed E-state index contributed by atoms with van der Waals surface area (Å²) in [5.41, 5.74) is 1.27. The minimum atomic E-state index is -0.318. The molecule has 1 fully saturated rings. The molecule has 2 heterocycles. The van der Waals surface area contributed by atoms with Gasteiger partial charge < -0.3 is 0 Å². The molecule has 17 heavy (non-hydrogen) atoms. The molecule has 96 valence electrons. The Labute approximate surface area is 109 Å². The van der Waals surface area contributed by atoms with Crippen LogP contribution in [0.3, 0.4) is 0 Å². The van der Waals surface area contributed by atoms with Gasteiger partial charge in [-0.25, -0.2) is 0 Å². The van der Waals surface area contributed by atoms with E-state index in [9.17, 15) is 5.11 Å². The van der Waals surface area contributed by atoms with E-state index in [0.717, 1.165) is 26.3 Å². The van der Waals surface area contributed by atoms with Crippen LogP contribution in [-0.2, 0) is 4.74 Å². The molecule has 1 aliphatic heterocycles. The number of morpholine rings is 1. The molecule has 4 heteroatoms. The SMILES string of the molecule is Cc1cc(C)c(C(O)C(C)N2CCOCC2)[se]1. The molecule has 2 unspecified atom stereocenters. The van der Waals surface area contributed by atoms with E-state index in [4.69, 9.17) is 4.74 Å². The number of aliphatic hydroxyl groups excluding tert-OH is 1. The van der Waals surface area contributed by atoms with Gasteiger partial charge in [0.05, 0.1) is 0 Å². The summed E-state index contributed by atoms with van der Waals surface area (Å²) in [4.78, 5) is 2.33. The van der Waals surface area contributed by atoms with Crippen molar-refractivity contribution in [3.8, 4) is 0 Å². The van der Waals surface area contributed by atoms with Crippen LogP contribution in [0.1, 0.15) is 27.5 Å². The van der Waals surface area contributed by atoms with Gasteiger partial charge in [0.1, 0.15) is 0 Å². The molecule has 1 saturated heterocycles. The van der Waals surface area contributed by atoms with E-state index in [1.807, 2.05) is 0 Å². The van der Waals surface area contributed by atoms with Gasteiger partial charge in [-0.05, 0) is 0 Å². The van der Waals surface area contributed by atoms with Crippen molar-refractivity contribution in [1.82, 2.24) is 4.90 Å². The minimum absolute atomic E-state index is 0.199. The molecule has 2 rings (SSSR count). The average molecular weight is 302 g/mol. The van der Waals surface area contributed by atoms with Crippen molar-refractivity contribution < 1.29 is 9.84 Å². The maximum atomic E-state index is 10.5. The van der Waals surface area contributed by atoms with Crippen molar-refractivity contribution in [1.29, 1.82) is 0 Å². The molecule has 0 aromatic carbocycles. The molecular formula is C13H21NO2Se. The first-order valence-electron chi connectivity index (χ1n) is 6.16. The quantitative estimate of drug-likeness (QED) is 0.849. The fourth-order valence-corrected chi connectivity index (χ4v) is 4.71. The molecule has 0 saturated carbocycles. The van der Waals surface area contributed by atoms with E-state index in [1.165, 1.54) is 14.4 Å². The predicted molar refractivity (Wildman–Crippen MR) is 69.7 cm³/mol. The predicted octanol–water partition coefficient (Wildman–Crippen LogP) is 1.11. The number of aliphatic hydroxyl groups is 1. The molecule has 1 aliphatic rings. The first kappa shape index (κ1) is 13.3. The van der Waals surface area contributed by atoms with Gasteiger partial charge in [-0.1, -0.05) is 0 Å². The monoisotopic (exact) mass is 303 g/mol. The maximum absolute atomic E-state index is 10.5. The van der Waals surface area contributed by atoms with Gasteiger partial charge in [0, 0.05) is 0 Å². The summed E-state index contributed by atoms with van der Waals surface area (Å²) in [6, 6.07) is 2.41. The molecule has 1 aromatic heterocycles. The molecule has 0 aliphatic carbocycles. The standard InChI is InChI=1S/C13H21NO2Se/c1-9-8-10(2)17-13(9)12(15)11(3)14-4-6-16-7-5-14/h8,11-12,15H,4-7H2,1-3H3. The number of nitrogens with zero attached hydrogens (tertiary/aromatic N) is 1. The van der Waals surface area contributed by atoms with Crippen LogP contribution in [0.25, 0.3) is 0 Å². The van der Waals surface area contributed by atoms with Gasteiger partial charge in [0.15, 0.2) is 0 Å². The van der Waals surface area contributed by atoms with E-state index in [-0.39, 0.29) is 12.1 Å². The average Bonchev–Trinajstić information content (AvgIpc) is 2.68. The Morgan fingerprint density at radius 1 is 1.35 bits per heavy atom. The van der Waals surface area contributed by atoms with Gasteiger partial charge >= 0.3 is 109 Å². The summed E-state index contributed by atoms with van der Waals surface area (Å²) in [6.07, 6.45) is -0.318. The van der Waals surface area contributed by atoms with Crippen LogP contribution in [0.15, 0.2) is 6.07 Å². The number of ether oxygens (including phenoxy) is 1. The Balaban J connectivity index is 2.08. The Kier molecular flexibility index (Phi) is 4.45. The Morgan fingerprint density at radius 3 is 2.53 bits per heavy atom. The van der Waals surface area contributed by atoms with Gasteiger partial charge in [0.25, 0.3) is 0 Å². The second-order valence-electron chi connectivity index (χ2n) is 4.74. The van der Waals surface area contributed by atoms with E-state index >= 15 is 0 Å². The van der Waals surface area contributed by atoms with Crippen LogP contribution in [0.2, 0.25) is 0 Å². The molecular weight excluding hydrogens is 281 g/mol. The van der Waals surface area contributed by atoms with Gasteiger partial charge in [0.2, 0.25) is 0 Å². The Hall–Kier alpha value is -0.121. The summed E-state index contributed by atoms with van der Waals surface area (Å²) in [5, 5.41) is 10.5. The van der Waals surface area contributed by atoms with Crippen LogP contribution in [0, 0.1) is 13.8 Å². The molecule has 0 amide bonds. The van der Waals surface area contributed by atoms with Crippen molar-refractivity contribution >= 4 is 14.5 Å². The summed E-state index contributed by atoms with van der Waals surface area (Å²) in [6.45, 7) is 9.84. The molecule has 0 bridgehead atoms. The fraction of sp³-hybridized carbons (Fsp3) is 0.692. The van der Waals surface area contributed by atoms with E-state index in [1.54, 1.807) is 0 Å². The van der Waals surface area contributed by atoms with E-state index in [2.05, 4.69) is 31.7 Å².